The maximum Gasteiger partial charge on any atom is 0.335 e. The van der Waals surface area contributed by atoms with Crippen LogP contribution in [0.1, 0.15) is 21.5 Å². The average Bonchev–Trinajstić information content (AvgIpc) is 2.48. The lowest BCUT2D eigenvalue weighted by molar-refractivity contribution is 0.0697. The molecule has 0 amide bonds. The molecule has 5 heteroatoms. The first kappa shape index (κ1) is 15.1. The monoisotopic (exact) mass is 344 g/mol. The van der Waals surface area contributed by atoms with Crippen LogP contribution in [-0.2, 0) is 6.42 Å². The molecule has 0 aliphatic carbocycles. The van der Waals surface area contributed by atoms with E-state index in [0.717, 1.165) is 15.7 Å². The molecule has 0 unspecified atom stereocenters. The minimum atomic E-state index is -0.927. The van der Waals surface area contributed by atoms with Crippen LogP contribution in [0.5, 0.6) is 0 Å². The molecule has 0 atom stereocenters. The van der Waals surface area contributed by atoms with E-state index in [4.69, 9.17) is 10.4 Å². The fourth-order valence-corrected chi connectivity index (χ4v) is 2.32. The van der Waals surface area contributed by atoms with Crippen LogP contribution in [0.15, 0.2) is 46.9 Å². The van der Waals surface area contributed by atoms with Crippen molar-refractivity contribution in [1.29, 1.82) is 5.26 Å². The van der Waals surface area contributed by atoms with Gasteiger partial charge in [0.15, 0.2) is 0 Å². The van der Waals surface area contributed by atoms with E-state index in [1.165, 1.54) is 0 Å². The number of hydrogen-bond donors (Lipinski definition) is 2. The van der Waals surface area contributed by atoms with Gasteiger partial charge < -0.3 is 10.4 Å². The van der Waals surface area contributed by atoms with Crippen LogP contribution in [0.3, 0.4) is 0 Å². The predicted molar refractivity (Wildman–Crippen MR) is 84.5 cm³/mol. The van der Waals surface area contributed by atoms with Gasteiger partial charge in [0.1, 0.15) is 6.07 Å². The highest BCUT2D eigenvalue weighted by Crippen LogP contribution is 2.20. The van der Waals surface area contributed by atoms with Crippen LogP contribution in [-0.4, -0.2) is 17.6 Å². The molecule has 2 aromatic rings. The summed E-state index contributed by atoms with van der Waals surface area (Å²) < 4.78 is 0.900. The zero-order valence-electron chi connectivity index (χ0n) is 11.1. The summed E-state index contributed by atoms with van der Waals surface area (Å²) in [4.78, 5) is 10.9. The molecule has 0 heterocycles. The molecular formula is C16H13BrN2O2. The minimum Gasteiger partial charge on any atom is -0.478 e. The van der Waals surface area contributed by atoms with E-state index in [9.17, 15) is 4.79 Å². The van der Waals surface area contributed by atoms with Crippen molar-refractivity contribution in [2.45, 2.75) is 6.42 Å². The lowest BCUT2D eigenvalue weighted by Gasteiger charge is -2.09. The van der Waals surface area contributed by atoms with Crippen LogP contribution >= 0.6 is 15.9 Å². The highest BCUT2D eigenvalue weighted by atomic mass is 79.9. The Labute approximate surface area is 131 Å². The molecule has 0 aliphatic heterocycles. The summed E-state index contributed by atoms with van der Waals surface area (Å²) in [6.45, 7) is 0.619. The zero-order valence-corrected chi connectivity index (χ0v) is 12.7. The number of nitriles is 1. The summed E-state index contributed by atoms with van der Waals surface area (Å²) in [5.74, 6) is -0.927. The smallest absolute Gasteiger partial charge is 0.335 e. The van der Waals surface area contributed by atoms with Gasteiger partial charge in [-0.1, -0.05) is 28.1 Å². The Balaban J connectivity index is 2.02. The molecule has 0 bridgehead atoms. The number of benzene rings is 2. The third-order valence-corrected chi connectivity index (χ3v) is 3.50. The van der Waals surface area contributed by atoms with E-state index in [0.29, 0.717) is 18.5 Å². The zero-order chi connectivity index (χ0) is 15.2. The highest BCUT2D eigenvalue weighted by Gasteiger charge is 2.04. The van der Waals surface area contributed by atoms with Gasteiger partial charge in [-0.05, 0) is 42.3 Å². The number of carboxylic acids is 1. The normalized spacial score (nSPS) is 9.90. The Kier molecular flexibility index (Phi) is 4.96. The van der Waals surface area contributed by atoms with Gasteiger partial charge in [-0.25, -0.2) is 4.79 Å². The molecule has 0 aliphatic rings. The summed E-state index contributed by atoms with van der Waals surface area (Å²) in [5.41, 5.74) is 2.57. The molecule has 21 heavy (non-hydrogen) atoms. The number of carboxylic acid groups (broad SMARTS) is 1. The third-order valence-electron chi connectivity index (χ3n) is 3.01. The fraction of sp³-hybridized carbons (Fsp3) is 0.125. The number of rotatable bonds is 5. The number of anilines is 1. The van der Waals surface area contributed by atoms with Crippen molar-refractivity contribution < 1.29 is 9.90 Å². The Bertz CT molecular complexity index is 708. The van der Waals surface area contributed by atoms with Crippen molar-refractivity contribution in [3.05, 3.63) is 63.6 Å². The molecule has 0 saturated heterocycles. The maximum absolute atomic E-state index is 10.9. The summed E-state index contributed by atoms with van der Waals surface area (Å²) in [7, 11) is 0. The van der Waals surface area contributed by atoms with Gasteiger partial charge in [-0.3, -0.25) is 0 Å². The van der Waals surface area contributed by atoms with Gasteiger partial charge in [0, 0.05) is 11.0 Å². The topological polar surface area (TPSA) is 73.1 Å². The fourth-order valence-electron chi connectivity index (χ4n) is 1.96. The van der Waals surface area contributed by atoms with Gasteiger partial charge in [0.05, 0.1) is 16.8 Å². The lowest BCUT2D eigenvalue weighted by atomic mass is 10.1. The molecule has 0 aromatic heterocycles. The first-order chi connectivity index (χ1) is 10.1. The van der Waals surface area contributed by atoms with Crippen molar-refractivity contribution in [3.63, 3.8) is 0 Å². The Morgan fingerprint density at radius 2 is 2.10 bits per heavy atom. The summed E-state index contributed by atoms with van der Waals surface area (Å²) in [6, 6.07) is 14.4. The first-order valence-corrected chi connectivity index (χ1v) is 7.15. The Hall–Kier alpha value is -2.32. The van der Waals surface area contributed by atoms with Crippen molar-refractivity contribution in [3.8, 4) is 6.07 Å². The molecule has 0 radical (unpaired) electrons. The second-order valence-corrected chi connectivity index (χ2v) is 5.40. The van der Waals surface area contributed by atoms with Crippen LogP contribution in [0.4, 0.5) is 5.69 Å². The van der Waals surface area contributed by atoms with Crippen molar-refractivity contribution in [1.82, 2.24) is 0 Å². The van der Waals surface area contributed by atoms with Crippen molar-refractivity contribution in [2.75, 3.05) is 11.9 Å². The van der Waals surface area contributed by atoms with E-state index in [2.05, 4.69) is 27.3 Å². The standard InChI is InChI=1S/C16H13BrN2O2/c17-14-5-4-13(10-18)15(9-14)19-7-6-11-2-1-3-12(8-11)16(20)21/h1-5,8-9,19H,6-7H2,(H,20,21). The molecular weight excluding hydrogens is 332 g/mol. The van der Waals surface area contributed by atoms with E-state index in [1.807, 2.05) is 18.2 Å². The molecule has 0 saturated carbocycles. The van der Waals surface area contributed by atoms with Gasteiger partial charge in [-0.15, -0.1) is 0 Å². The van der Waals surface area contributed by atoms with E-state index in [1.54, 1.807) is 24.3 Å². The molecule has 0 fully saturated rings. The van der Waals surface area contributed by atoms with E-state index in [-0.39, 0.29) is 5.56 Å². The second-order valence-electron chi connectivity index (χ2n) is 4.48. The van der Waals surface area contributed by atoms with Crippen molar-refractivity contribution >= 4 is 27.6 Å². The number of aromatic carboxylic acids is 1. The number of carbonyl (C=O) groups is 1. The van der Waals surface area contributed by atoms with Crippen LogP contribution < -0.4 is 5.32 Å². The van der Waals surface area contributed by atoms with E-state index < -0.39 is 5.97 Å². The average molecular weight is 345 g/mol. The van der Waals surface area contributed by atoms with Gasteiger partial charge in [-0.2, -0.15) is 5.26 Å². The van der Waals surface area contributed by atoms with E-state index >= 15 is 0 Å². The lowest BCUT2D eigenvalue weighted by Crippen LogP contribution is -2.07. The minimum absolute atomic E-state index is 0.285. The number of nitrogens with zero attached hydrogens (tertiary/aromatic N) is 1. The quantitative estimate of drug-likeness (QED) is 0.867. The molecule has 2 rings (SSSR count). The number of nitrogens with one attached hydrogen (secondary N) is 1. The maximum atomic E-state index is 10.9. The van der Waals surface area contributed by atoms with Crippen LogP contribution in [0, 0.1) is 11.3 Å². The molecule has 2 aromatic carbocycles. The van der Waals surface area contributed by atoms with Gasteiger partial charge in [0.25, 0.3) is 0 Å². The summed E-state index contributed by atoms with van der Waals surface area (Å²) >= 11 is 3.37. The van der Waals surface area contributed by atoms with Crippen molar-refractivity contribution in [2.24, 2.45) is 0 Å². The first-order valence-electron chi connectivity index (χ1n) is 6.36. The summed E-state index contributed by atoms with van der Waals surface area (Å²) in [6.07, 6.45) is 0.679. The second kappa shape index (κ2) is 6.91. The molecule has 2 N–H and O–H groups in total. The van der Waals surface area contributed by atoms with Crippen LogP contribution in [0.2, 0.25) is 0 Å². The predicted octanol–water partition coefficient (Wildman–Crippen LogP) is 3.67. The molecule has 0 spiro atoms. The summed E-state index contributed by atoms with van der Waals surface area (Å²) in [5, 5.41) is 21.2. The molecule has 4 nitrogen and oxygen atoms in total. The Morgan fingerprint density at radius 3 is 2.81 bits per heavy atom. The number of halogens is 1. The Morgan fingerprint density at radius 1 is 1.29 bits per heavy atom. The molecule has 106 valence electrons. The SMILES string of the molecule is N#Cc1ccc(Br)cc1NCCc1cccc(C(=O)O)c1. The highest BCUT2D eigenvalue weighted by molar-refractivity contribution is 9.10. The van der Waals surface area contributed by atoms with Crippen LogP contribution in [0.25, 0.3) is 0 Å². The van der Waals surface area contributed by atoms with Gasteiger partial charge >= 0.3 is 5.97 Å². The largest absolute Gasteiger partial charge is 0.478 e. The van der Waals surface area contributed by atoms with Gasteiger partial charge in [0.2, 0.25) is 0 Å². The third kappa shape index (κ3) is 4.07. The number of hydrogen-bond acceptors (Lipinski definition) is 3.